The number of hydrogen-bond acceptors (Lipinski definition) is 4. The highest BCUT2D eigenvalue weighted by atomic mass is 16.4. The van der Waals surface area contributed by atoms with Crippen molar-refractivity contribution in [3.05, 3.63) is 184 Å². The van der Waals surface area contributed by atoms with E-state index in [2.05, 4.69) is 146 Å². The van der Waals surface area contributed by atoms with Crippen molar-refractivity contribution >= 4 is 64.4 Å². The van der Waals surface area contributed by atoms with E-state index >= 15 is 0 Å². The topological polar surface area (TPSA) is 132 Å². The van der Waals surface area contributed by atoms with Gasteiger partial charge in [0, 0.05) is 44.4 Å². The van der Waals surface area contributed by atoms with Crippen LogP contribution < -0.4 is 0 Å². The van der Waals surface area contributed by atoms with Gasteiger partial charge in [-0.2, -0.15) is 0 Å². The number of fused-ring (bicyclic) bond motifs is 8. The number of aromatic amines is 2. The molecular weight excluding hydrogens is 769 g/mol. The molecule has 0 atom stereocenters. The molecule has 2 aliphatic rings. The van der Waals surface area contributed by atoms with Crippen molar-refractivity contribution in [1.82, 2.24) is 19.9 Å². The fraction of sp³-hybridized carbons (Fsp3) is 0.0741. The largest absolute Gasteiger partial charge is 0.477 e. The van der Waals surface area contributed by atoms with E-state index in [0.29, 0.717) is 16.8 Å². The molecule has 0 unspecified atom stereocenters. The van der Waals surface area contributed by atoms with E-state index in [9.17, 15) is 19.8 Å². The molecule has 0 saturated heterocycles. The van der Waals surface area contributed by atoms with Crippen LogP contribution in [0.25, 0.3) is 97.0 Å². The van der Waals surface area contributed by atoms with Crippen LogP contribution in [0.1, 0.15) is 50.6 Å². The third-order valence-corrected chi connectivity index (χ3v) is 11.3. The number of carbonyl (C=O) groups is 2. The monoisotopic (exact) mass is 810 g/mol. The number of hydrogen-bond donors (Lipinski definition) is 4. The number of rotatable bonds is 8. The van der Waals surface area contributed by atoms with Gasteiger partial charge in [-0.25, -0.2) is 19.6 Å². The van der Waals surface area contributed by atoms with Crippen LogP contribution in [0.5, 0.6) is 0 Å². The van der Waals surface area contributed by atoms with Crippen LogP contribution in [0.15, 0.2) is 133 Å². The Morgan fingerprint density at radius 3 is 1.21 bits per heavy atom. The van der Waals surface area contributed by atoms with Crippen LogP contribution in [0.4, 0.5) is 0 Å². The smallest absolute Gasteiger partial charge is 0.343 e. The molecule has 9 rings (SSSR count). The van der Waals surface area contributed by atoms with Crippen molar-refractivity contribution in [1.29, 1.82) is 0 Å². The molecule has 0 spiro atoms. The Morgan fingerprint density at radius 1 is 0.468 bits per heavy atom. The molecule has 302 valence electrons. The summed E-state index contributed by atoms with van der Waals surface area (Å²) in [5.41, 5.74) is 18.1. The standard InChI is InChI=1S/C54H42N4O4/c1-31-8-16-35(17-9-31)48-41-24-25-42(55-41)49(36-18-10-32(2)11-19-36)44-28-29-46(57-44)51(38-22-14-34(4)15-23-38)52-39(6-5-7-40(53(59)60)54(61)62)30-47(58-52)50(45-27-26-43(48)56-45)37-20-12-33(3)13-21-37/h5-30,55,58H,1-4H3,(H,59,60)(H,61,62)/b6-5+,48-41?,48-43?,49-42?,49-44?,50-45?,50-47?,51-46?,52-51?. The van der Waals surface area contributed by atoms with Crippen molar-refractivity contribution in [2.75, 3.05) is 0 Å². The average Bonchev–Trinajstić information content (AvgIpc) is 4.09. The number of aromatic nitrogens is 4. The lowest BCUT2D eigenvalue weighted by molar-refractivity contribution is -0.140. The van der Waals surface area contributed by atoms with Crippen LogP contribution in [0.3, 0.4) is 0 Å². The molecule has 0 fully saturated rings. The van der Waals surface area contributed by atoms with Crippen LogP contribution in [0.2, 0.25) is 0 Å². The summed E-state index contributed by atoms with van der Waals surface area (Å²) in [6.07, 6.45) is 12.5. The van der Waals surface area contributed by atoms with Crippen molar-refractivity contribution in [2.24, 2.45) is 0 Å². The van der Waals surface area contributed by atoms with Gasteiger partial charge in [0.15, 0.2) is 0 Å². The van der Waals surface area contributed by atoms with Gasteiger partial charge in [-0.15, -0.1) is 0 Å². The molecule has 62 heavy (non-hydrogen) atoms. The predicted octanol–water partition coefficient (Wildman–Crippen LogP) is 12.7. The molecule has 0 saturated carbocycles. The lowest BCUT2D eigenvalue weighted by Gasteiger charge is -2.08. The summed E-state index contributed by atoms with van der Waals surface area (Å²) in [5.74, 6) is -3.06. The number of allylic oxidation sites excluding steroid dienone is 2. The number of benzene rings is 4. The third kappa shape index (κ3) is 7.61. The molecule has 0 amide bonds. The average molecular weight is 811 g/mol. The number of aryl methyl sites for hydroxylation is 4. The molecule has 5 heterocycles. The molecule has 8 heteroatoms. The minimum atomic E-state index is -1.53. The quantitative estimate of drug-likeness (QED) is 0.0523. The molecular formula is C54H42N4O4. The lowest BCUT2D eigenvalue weighted by atomic mass is 10.00. The highest BCUT2D eigenvalue weighted by Gasteiger charge is 2.21. The Kier molecular flexibility index (Phi) is 10.3. The van der Waals surface area contributed by atoms with Gasteiger partial charge in [0.25, 0.3) is 0 Å². The molecule has 2 aliphatic heterocycles. The Balaban J connectivity index is 1.50. The van der Waals surface area contributed by atoms with Crippen molar-refractivity contribution in [2.45, 2.75) is 27.7 Å². The van der Waals surface area contributed by atoms with Gasteiger partial charge in [0.1, 0.15) is 5.57 Å². The van der Waals surface area contributed by atoms with Gasteiger partial charge in [-0.05, 0) is 98.5 Å². The second kappa shape index (κ2) is 16.2. The van der Waals surface area contributed by atoms with Gasteiger partial charge in [0.05, 0.1) is 28.3 Å². The zero-order valence-corrected chi connectivity index (χ0v) is 34.6. The van der Waals surface area contributed by atoms with Crippen LogP contribution in [0, 0.1) is 27.7 Å². The highest BCUT2D eigenvalue weighted by molar-refractivity contribution is 6.13. The van der Waals surface area contributed by atoms with E-state index in [1.807, 2.05) is 31.2 Å². The van der Waals surface area contributed by atoms with E-state index in [1.54, 1.807) is 6.08 Å². The van der Waals surface area contributed by atoms with Crippen molar-refractivity contribution in [3.8, 4) is 44.5 Å². The second-order valence-electron chi connectivity index (χ2n) is 15.7. The number of H-pyrrole nitrogens is 2. The van der Waals surface area contributed by atoms with Crippen LogP contribution >= 0.6 is 0 Å². The summed E-state index contributed by atoms with van der Waals surface area (Å²) in [4.78, 5) is 42.2. The number of nitrogens with zero attached hydrogens (tertiary/aromatic N) is 2. The second-order valence-corrected chi connectivity index (χ2v) is 15.7. The first-order valence-corrected chi connectivity index (χ1v) is 20.3. The van der Waals surface area contributed by atoms with Gasteiger partial charge in [-0.1, -0.05) is 131 Å². The normalized spacial score (nSPS) is 11.9. The maximum Gasteiger partial charge on any atom is 0.343 e. The lowest BCUT2D eigenvalue weighted by Crippen LogP contribution is -2.10. The summed E-state index contributed by atoms with van der Waals surface area (Å²) in [5, 5.41) is 19.3. The minimum absolute atomic E-state index is 0.690. The molecule has 4 N–H and O–H groups in total. The van der Waals surface area contributed by atoms with Gasteiger partial charge in [0.2, 0.25) is 0 Å². The van der Waals surface area contributed by atoms with E-state index in [1.165, 1.54) is 6.08 Å². The van der Waals surface area contributed by atoms with E-state index in [-0.39, 0.29) is 0 Å². The number of nitrogens with one attached hydrogen (secondary N) is 2. The molecule has 0 radical (unpaired) electrons. The van der Waals surface area contributed by atoms with E-state index < -0.39 is 17.5 Å². The Labute approximate surface area is 358 Å². The molecule has 4 aromatic carbocycles. The van der Waals surface area contributed by atoms with Crippen LogP contribution in [-0.2, 0) is 9.59 Å². The fourth-order valence-corrected chi connectivity index (χ4v) is 8.02. The minimum Gasteiger partial charge on any atom is -0.477 e. The van der Waals surface area contributed by atoms with Crippen LogP contribution in [-0.4, -0.2) is 42.1 Å². The third-order valence-electron chi connectivity index (χ3n) is 11.3. The van der Waals surface area contributed by atoms with Crippen molar-refractivity contribution < 1.29 is 19.8 Å². The van der Waals surface area contributed by atoms with Gasteiger partial charge in [-0.3, -0.25) is 0 Å². The maximum absolute atomic E-state index is 11.9. The number of carboxylic acid groups (broad SMARTS) is 2. The van der Waals surface area contributed by atoms with E-state index in [0.717, 1.165) is 106 Å². The van der Waals surface area contributed by atoms with Gasteiger partial charge < -0.3 is 20.2 Å². The summed E-state index contributed by atoms with van der Waals surface area (Å²) >= 11 is 0. The molecule has 8 nitrogen and oxygen atoms in total. The summed E-state index contributed by atoms with van der Waals surface area (Å²) in [6.45, 7) is 8.25. The first-order chi connectivity index (χ1) is 30.0. The van der Waals surface area contributed by atoms with E-state index in [4.69, 9.17) is 9.97 Å². The molecule has 3 aromatic heterocycles. The maximum atomic E-state index is 11.9. The zero-order valence-electron chi connectivity index (χ0n) is 34.6. The Hall–Kier alpha value is -8.10. The Bertz CT molecular complexity index is 3220. The summed E-state index contributed by atoms with van der Waals surface area (Å²) in [6, 6.07) is 39.7. The highest BCUT2D eigenvalue weighted by Crippen LogP contribution is 2.40. The summed E-state index contributed by atoms with van der Waals surface area (Å²) in [7, 11) is 0. The predicted molar refractivity (Wildman–Crippen MR) is 252 cm³/mol. The first kappa shape index (κ1) is 39.4. The Morgan fingerprint density at radius 2 is 0.823 bits per heavy atom. The SMILES string of the molecule is Cc1ccc(-c2c3nc(c(-c4ccc(C)cc4)c4cc(/C=C/C=C(C(=O)O)C(=O)O)c([nH]4)c(-c4ccc(C)cc4)c4nc(c(-c5ccc(C)cc5)c5ccc2[nH]5)C=C4)C=C3)cc1. The molecule has 8 bridgehead atoms. The fourth-order valence-electron chi connectivity index (χ4n) is 8.02. The molecule has 7 aromatic rings. The zero-order chi connectivity index (χ0) is 43.1. The van der Waals surface area contributed by atoms with Gasteiger partial charge >= 0.3 is 11.9 Å². The number of carboxylic acids is 2. The number of aliphatic carboxylic acids is 2. The first-order valence-electron chi connectivity index (χ1n) is 20.3. The summed E-state index contributed by atoms with van der Waals surface area (Å²) < 4.78 is 0. The van der Waals surface area contributed by atoms with Crippen molar-refractivity contribution in [3.63, 3.8) is 0 Å². The molecule has 0 aliphatic carbocycles.